The van der Waals surface area contributed by atoms with Crippen LogP contribution in [0.3, 0.4) is 0 Å². The maximum atomic E-state index is 11.0. The van der Waals surface area contributed by atoms with Crippen LogP contribution in [0, 0.1) is 6.92 Å². The first-order chi connectivity index (χ1) is 9.54. The largest absolute Gasteiger partial charge is 0.489 e. The predicted molar refractivity (Wildman–Crippen MR) is 76.9 cm³/mol. The normalized spacial score (nSPS) is 18.0. The molecule has 1 saturated heterocycles. The summed E-state index contributed by atoms with van der Waals surface area (Å²) < 4.78 is 10.9. The van der Waals surface area contributed by atoms with Crippen molar-refractivity contribution < 1.29 is 14.3 Å². The molecule has 0 radical (unpaired) electrons. The van der Waals surface area contributed by atoms with E-state index in [2.05, 4.69) is 37.5 Å². The molecule has 1 aromatic rings. The van der Waals surface area contributed by atoms with Crippen LogP contribution in [0.25, 0.3) is 0 Å². The molecule has 1 atom stereocenters. The van der Waals surface area contributed by atoms with Gasteiger partial charge in [0, 0.05) is 18.2 Å². The number of aryl methyl sites for hydroxylation is 1. The van der Waals surface area contributed by atoms with Crippen LogP contribution in [0.2, 0.25) is 0 Å². The van der Waals surface area contributed by atoms with Crippen LogP contribution < -0.4 is 15.4 Å². The second-order valence-corrected chi connectivity index (χ2v) is 5.37. The van der Waals surface area contributed by atoms with Crippen LogP contribution in [0.4, 0.5) is 4.79 Å². The summed E-state index contributed by atoms with van der Waals surface area (Å²) in [5.41, 5.74) is 2.32. The van der Waals surface area contributed by atoms with Crippen LogP contribution in [0.15, 0.2) is 18.2 Å². The number of carbonyl (C=O) groups is 1. The van der Waals surface area contributed by atoms with E-state index >= 15 is 0 Å². The molecule has 5 heteroatoms. The molecule has 5 nitrogen and oxygen atoms in total. The molecule has 20 heavy (non-hydrogen) atoms. The molecule has 1 heterocycles. The van der Waals surface area contributed by atoms with Gasteiger partial charge < -0.3 is 20.1 Å². The number of rotatable bonds is 6. The van der Waals surface area contributed by atoms with E-state index in [1.165, 1.54) is 5.56 Å². The van der Waals surface area contributed by atoms with E-state index in [9.17, 15) is 4.79 Å². The van der Waals surface area contributed by atoms with Gasteiger partial charge in [0.1, 0.15) is 12.4 Å². The van der Waals surface area contributed by atoms with Crippen LogP contribution in [-0.2, 0) is 11.3 Å². The van der Waals surface area contributed by atoms with Crippen molar-refractivity contribution >= 4 is 6.09 Å². The first kappa shape index (κ1) is 14.7. The summed E-state index contributed by atoms with van der Waals surface area (Å²) in [5, 5.41) is 6.00. The van der Waals surface area contributed by atoms with E-state index in [1.807, 2.05) is 12.1 Å². The van der Waals surface area contributed by atoms with E-state index in [0.717, 1.165) is 17.9 Å². The monoisotopic (exact) mass is 278 g/mol. The average Bonchev–Trinajstić information content (AvgIpc) is 2.81. The van der Waals surface area contributed by atoms with Gasteiger partial charge in [0.15, 0.2) is 6.10 Å². The van der Waals surface area contributed by atoms with Crippen molar-refractivity contribution in [2.24, 2.45) is 0 Å². The number of carbonyl (C=O) groups excluding carboxylic acids is 1. The summed E-state index contributed by atoms with van der Waals surface area (Å²) in [4.78, 5) is 11.0. The summed E-state index contributed by atoms with van der Waals surface area (Å²) >= 11 is 0. The highest BCUT2D eigenvalue weighted by molar-refractivity contribution is 5.69. The van der Waals surface area contributed by atoms with E-state index in [4.69, 9.17) is 9.47 Å². The quantitative estimate of drug-likeness (QED) is 0.835. The van der Waals surface area contributed by atoms with E-state index in [-0.39, 0.29) is 12.2 Å². The summed E-state index contributed by atoms with van der Waals surface area (Å²) in [6.07, 6.45) is -0.584. The zero-order valence-corrected chi connectivity index (χ0v) is 12.2. The van der Waals surface area contributed by atoms with Gasteiger partial charge in [-0.3, -0.25) is 0 Å². The highest BCUT2D eigenvalue weighted by atomic mass is 16.6. The summed E-state index contributed by atoms with van der Waals surface area (Å²) in [5.74, 6) is 0.840. The number of hydrogen-bond acceptors (Lipinski definition) is 4. The van der Waals surface area contributed by atoms with Crippen LogP contribution in [0.5, 0.6) is 5.75 Å². The van der Waals surface area contributed by atoms with Crippen molar-refractivity contribution in [1.29, 1.82) is 0 Å². The van der Waals surface area contributed by atoms with Gasteiger partial charge in [-0.15, -0.1) is 0 Å². The second kappa shape index (κ2) is 6.61. The summed E-state index contributed by atoms with van der Waals surface area (Å²) in [7, 11) is 0. The molecular formula is C15H22N2O3. The Balaban J connectivity index is 1.96. The minimum atomic E-state index is -0.371. The zero-order valence-electron chi connectivity index (χ0n) is 12.2. The molecule has 0 aliphatic carbocycles. The van der Waals surface area contributed by atoms with Crippen molar-refractivity contribution in [3.8, 4) is 5.75 Å². The minimum Gasteiger partial charge on any atom is -0.489 e. The molecule has 1 aromatic carbocycles. The third-order valence-electron chi connectivity index (χ3n) is 3.09. The third-order valence-corrected chi connectivity index (χ3v) is 3.09. The molecule has 1 aliphatic heterocycles. The number of benzene rings is 1. The highest BCUT2D eigenvalue weighted by Gasteiger charge is 2.23. The Labute approximate surface area is 119 Å². The fourth-order valence-corrected chi connectivity index (χ4v) is 2.01. The van der Waals surface area contributed by atoms with Crippen molar-refractivity contribution in [1.82, 2.24) is 10.6 Å². The fourth-order valence-electron chi connectivity index (χ4n) is 2.01. The molecule has 2 N–H and O–H groups in total. The van der Waals surface area contributed by atoms with E-state index in [0.29, 0.717) is 19.2 Å². The van der Waals surface area contributed by atoms with Crippen molar-refractivity contribution in [3.05, 3.63) is 29.3 Å². The Morgan fingerprint density at radius 3 is 2.95 bits per heavy atom. The molecule has 0 saturated carbocycles. The summed E-state index contributed by atoms with van der Waals surface area (Å²) in [6, 6.07) is 6.52. The van der Waals surface area contributed by atoms with E-state index in [1.54, 1.807) is 0 Å². The number of alkyl carbamates (subject to hydrolysis) is 1. The van der Waals surface area contributed by atoms with Crippen LogP contribution in [-0.4, -0.2) is 31.4 Å². The maximum Gasteiger partial charge on any atom is 0.407 e. The molecule has 1 amide bonds. The zero-order chi connectivity index (χ0) is 14.5. The molecule has 2 rings (SSSR count). The van der Waals surface area contributed by atoms with Gasteiger partial charge in [0.2, 0.25) is 0 Å². The SMILES string of the molecule is Cc1ccc(OCC2CNC(=O)O2)c(CNC(C)C)c1. The Bertz CT molecular complexity index is 474. The van der Waals surface area contributed by atoms with Crippen molar-refractivity contribution in [3.63, 3.8) is 0 Å². The van der Waals surface area contributed by atoms with Gasteiger partial charge in [0.05, 0.1) is 6.54 Å². The van der Waals surface area contributed by atoms with Gasteiger partial charge >= 0.3 is 6.09 Å². The van der Waals surface area contributed by atoms with Crippen molar-refractivity contribution in [2.75, 3.05) is 13.2 Å². The first-order valence-electron chi connectivity index (χ1n) is 6.95. The standard InChI is InChI=1S/C15H22N2O3/c1-10(2)16-7-12-6-11(3)4-5-14(12)19-9-13-8-17-15(18)20-13/h4-6,10,13,16H,7-9H2,1-3H3,(H,17,18). The predicted octanol–water partition coefficient (Wildman–Crippen LogP) is 1.98. The van der Waals surface area contributed by atoms with Gasteiger partial charge in [-0.1, -0.05) is 31.5 Å². The van der Waals surface area contributed by atoms with Crippen molar-refractivity contribution in [2.45, 2.75) is 39.5 Å². The highest BCUT2D eigenvalue weighted by Crippen LogP contribution is 2.21. The average molecular weight is 278 g/mol. The fraction of sp³-hybridized carbons (Fsp3) is 0.533. The number of hydrogen-bond donors (Lipinski definition) is 2. The Kier molecular flexibility index (Phi) is 4.84. The third kappa shape index (κ3) is 4.13. The van der Waals surface area contributed by atoms with Gasteiger partial charge in [-0.05, 0) is 13.0 Å². The lowest BCUT2D eigenvalue weighted by molar-refractivity contribution is 0.104. The number of amides is 1. The van der Waals surface area contributed by atoms with Crippen LogP contribution >= 0.6 is 0 Å². The second-order valence-electron chi connectivity index (χ2n) is 5.37. The van der Waals surface area contributed by atoms with Gasteiger partial charge in [-0.25, -0.2) is 4.79 Å². The summed E-state index contributed by atoms with van der Waals surface area (Å²) in [6.45, 7) is 7.92. The molecule has 0 bridgehead atoms. The minimum absolute atomic E-state index is 0.213. The Morgan fingerprint density at radius 1 is 1.50 bits per heavy atom. The number of cyclic esters (lactones) is 1. The molecule has 0 aromatic heterocycles. The number of nitrogens with one attached hydrogen (secondary N) is 2. The Hall–Kier alpha value is -1.75. The molecule has 0 spiro atoms. The maximum absolute atomic E-state index is 11.0. The Morgan fingerprint density at radius 2 is 2.30 bits per heavy atom. The lowest BCUT2D eigenvalue weighted by atomic mass is 10.1. The molecule has 110 valence electrons. The lowest BCUT2D eigenvalue weighted by Crippen LogP contribution is -2.24. The molecule has 1 fully saturated rings. The smallest absolute Gasteiger partial charge is 0.407 e. The van der Waals surface area contributed by atoms with Gasteiger partial charge in [0.25, 0.3) is 0 Å². The number of ether oxygens (including phenoxy) is 2. The first-order valence-corrected chi connectivity index (χ1v) is 6.95. The molecule has 1 unspecified atom stereocenters. The van der Waals surface area contributed by atoms with Crippen LogP contribution in [0.1, 0.15) is 25.0 Å². The van der Waals surface area contributed by atoms with E-state index < -0.39 is 0 Å². The topological polar surface area (TPSA) is 59.6 Å². The lowest BCUT2D eigenvalue weighted by Gasteiger charge is -2.16. The molecular weight excluding hydrogens is 256 g/mol. The van der Waals surface area contributed by atoms with Gasteiger partial charge in [-0.2, -0.15) is 0 Å². The molecule has 1 aliphatic rings.